The summed E-state index contributed by atoms with van der Waals surface area (Å²) in [5, 5.41) is 20.6. The number of benzene rings is 2. The van der Waals surface area contributed by atoms with Crippen LogP contribution >= 0.6 is 0 Å². The average molecular weight is 538 g/mol. The van der Waals surface area contributed by atoms with Crippen LogP contribution in [0.2, 0.25) is 0 Å². The van der Waals surface area contributed by atoms with E-state index in [1.807, 2.05) is 50.2 Å². The Morgan fingerprint density at radius 3 is 2.10 bits per heavy atom. The summed E-state index contributed by atoms with van der Waals surface area (Å²) in [6, 6.07) is 12.7. The van der Waals surface area contributed by atoms with Crippen LogP contribution in [0.1, 0.15) is 97.4 Å². The van der Waals surface area contributed by atoms with Gasteiger partial charge in [-0.1, -0.05) is 111 Å². The molecule has 0 heterocycles. The van der Waals surface area contributed by atoms with Gasteiger partial charge >= 0.3 is 0 Å². The largest absolute Gasteiger partial charge is 0.507 e. The highest BCUT2D eigenvalue weighted by molar-refractivity contribution is 5.90. The number of amides is 2. The van der Waals surface area contributed by atoms with E-state index in [-0.39, 0.29) is 34.3 Å². The molecule has 4 N–H and O–H groups in total. The third-order valence-corrected chi connectivity index (χ3v) is 7.07. The number of carbonyl (C=O) groups excluding carboxylic acids is 2. The van der Waals surface area contributed by atoms with Gasteiger partial charge in [-0.15, -0.1) is 0 Å². The van der Waals surface area contributed by atoms with Crippen molar-refractivity contribution in [3.63, 3.8) is 0 Å². The molecule has 0 aliphatic rings. The van der Waals surface area contributed by atoms with Crippen molar-refractivity contribution in [1.29, 1.82) is 0 Å². The number of aromatic hydroxyl groups is 1. The van der Waals surface area contributed by atoms with Gasteiger partial charge in [-0.2, -0.15) is 0 Å². The van der Waals surface area contributed by atoms with Gasteiger partial charge in [0.1, 0.15) is 11.8 Å². The molecule has 0 aliphatic heterocycles. The molecule has 0 unspecified atom stereocenters. The number of phenols is 1. The third-order valence-electron chi connectivity index (χ3n) is 7.07. The van der Waals surface area contributed by atoms with Crippen LogP contribution in [0.3, 0.4) is 0 Å². The zero-order valence-corrected chi connectivity index (χ0v) is 25.6. The first kappa shape index (κ1) is 32.4. The van der Waals surface area contributed by atoms with E-state index in [2.05, 4.69) is 70.5 Å². The maximum Gasteiger partial charge on any atom is 0.242 e. The van der Waals surface area contributed by atoms with E-state index in [0.29, 0.717) is 19.5 Å². The van der Waals surface area contributed by atoms with E-state index in [1.165, 1.54) is 0 Å². The fraction of sp³-hybridized carbons (Fsp3) is 0.576. The topological polar surface area (TPSA) is 90.5 Å². The van der Waals surface area contributed by atoms with Crippen molar-refractivity contribution < 1.29 is 14.7 Å². The number of rotatable bonds is 12. The summed E-state index contributed by atoms with van der Waals surface area (Å²) in [7, 11) is 0. The molecule has 0 saturated heterocycles. The highest BCUT2D eigenvalue weighted by atomic mass is 16.3. The molecule has 39 heavy (non-hydrogen) atoms. The van der Waals surface area contributed by atoms with Crippen molar-refractivity contribution in [2.75, 3.05) is 6.54 Å². The molecule has 2 aromatic rings. The molecule has 0 bridgehead atoms. The number of unbranched alkanes of at least 4 members (excludes halogenated alkanes) is 1. The molecule has 6 nitrogen and oxygen atoms in total. The SMILES string of the molecule is CCCCNC(=O)[C@H](Cc1ccccc1)NC(=O)[C@@H](NCc1cc(C(C)(C)C)cc(C(C)(C)C)c1O)C(C)C. The van der Waals surface area contributed by atoms with E-state index >= 15 is 0 Å². The van der Waals surface area contributed by atoms with Crippen molar-refractivity contribution in [2.24, 2.45) is 5.92 Å². The molecule has 2 amide bonds. The van der Waals surface area contributed by atoms with Crippen LogP contribution in [0, 0.1) is 5.92 Å². The molecule has 6 heteroatoms. The summed E-state index contributed by atoms with van der Waals surface area (Å²) in [6.07, 6.45) is 2.29. The zero-order valence-electron chi connectivity index (χ0n) is 25.6. The summed E-state index contributed by atoms with van der Waals surface area (Å²) in [4.78, 5) is 26.6. The lowest BCUT2D eigenvalue weighted by molar-refractivity contribution is -0.130. The van der Waals surface area contributed by atoms with E-state index in [9.17, 15) is 14.7 Å². The summed E-state index contributed by atoms with van der Waals surface area (Å²) in [6.45, 7) is 19.7. The van der Waals surface area contributed by atoms with Gasteiger partial charge in [-0.3, -0.25) is 9.59 Å². The van der Waals surface area contributed by atoms with Crippen LogP contribution in [0.15, 0.2) is 42.5 Å². The molecule has 216 valence electrons. The van der Waals surface area contributed by atoms with Gasteiger partial charge in [-0.05, 0) is 39.9 Å². The van der Waals surface area contributed by atoms with E-state index in [0.717, 1.165) is 35.1 Å². The lowest BCUT2D eigenvalue weighted by atomic mass is 9.79. The second kappa shape index (κ2) is 14.0. The van der Waals surface area contributed by atoms with Crippen LogP contribution in [0.25, 0.3) is 0 Å². The monoisotopic (exact) mass is 537 g/mol. The van der Waals surface area contributed by atoms with Crippen molar-refractivity contribution in [1.82, 2.24) is 16.0 Å². The van der Waals surface area contributed by atoms with Gasteiger partial charge in [0, 0.05) is 25.1 Å². The quantitative estimate of drug-likeness (QED) is 0.260. The number of carbonyl (C=O) groups is 2. The Labute approximate surface area is 236 Å². The van der Waals surface area contributed by atoms with Gasteiger partial charge in [-0.25, -0.2) is 0 Å². The van der Waals surface area contributed by atoms with Gasteiger partial charge in [0.05, 0.1) is 6.04 Å². The van der Waals surface area contributed by atoms with Crippen LogP contribution in [0.4, 0.5) is 0 Å². The van der Waals surface area contributed by atoms with Crippen molar-refractivity contribution in [2.45, 2.75) is 111 Å². The fourth-order valence-corrected chi connectivity index (χ4v) is 4.52. The highest BCUT2D eigenvalue weighted by Gasteiger charge is 2.29. The van der Waals surface area contributed by atoms with Gasteiger partial charge in [0.25, 0.3) is 0 Å². The second-order valence-corrected chi connectivity index (χ2v) is 13.0. The van der Waals surface area contributed by atoms with Gasteiger partial charge < -0.3 is 21.1 Å². The average Bonchev–Trinajstić information content (AvgIpc) is 2.83. The van der Waals surface area contributed by atoms with Crippen LogP contribution in [-0.2, 0) is 33.4 Å². The molecular formula is C33H51N3O3. The summed E-state index contributed by atoms with van der Waals surface area (Å²) in [5.74, 6) is -0.156. The molecule has 0 spiro atoms. The highest BCUT2D eigenvalue weighted by Crippen LogP contribution is 2.37. The maximum atomic E-state index is 13.6. The first-order chi connectivity index (χ1) is 18.1. The summed E-state index contributed by atoms with van der Waals surface area (Å²) >= 11 is 0. The van der Waals surface area contributed by atoms with Crippen molar-refractivity contribution in [3.05, 3.63) is 64.7 Å². The Hall–Kier alpha value is -2.86. The Kier molecular flexibility index (Phi) is 11.6. The standard InChI is InChI=1S/C33H51N3O3/c1-10-11-17-34-30(38)27(18-23-15-13-12-14-16-23)36-31(39)28(22(2)3)35-21-24-19-25(32(4,5)6)20-26(29(24)37)33(7,8)9/h12-16,19-20,22,27-28,35,37H,10-11,17-18,21H2,1-9H3,(H,34,38)(H,36,39)/t27-,28-/m0/s1. The molecule has 2 atom stereocenters. The Morgan fingerprint density at radius 2 is 1.56 bits per heavy atom. The third kappa shape index (κ3) is 9.68. The van der Waals surface area contributed by atoms with Crippen LogP contribution in [0.5, 0.6) is 5.75 Å². The second-order valence-electron chi connectivity index (χ2n) is 13.0. The molecular weight excluding hydrogens is 486 g/mol. The van der Waals surface area contributed by atoms with Crippen molar-refractivity contribution in [3.8, 4) is 5.75 Å². The van der Waals surface area contributed by atoms with E-state index in [4.69, 9.17) is 0 Å². The molecule has 0 radical (unpaired) electrons. The molecule has 2 aromatic carbocycles. The Morgan fingerprint density at radius 1 is 0.923 bits per heavy atom. The lowest BCUT2D eigenvalue weighted by Gasteiger charge is -2.29. The predicted molar refractivity (Wildman–Crippen MR) is 161 cm³/mol. The number of hydrogen-bond acceptors (Lipinski definition) is 4. The predicted octanol–water partition coefficient (Wildman–Crippen LogP) is 5.75. The number of nitrogens with one attached hydrogen (secondary N) is 3. The summed E-state index contributed by atoms with van der Waals surface area (Å²) in [5.41, 5.74) is 3.46. The Balaban J connectivity index is 2.28. The normalized spacial score (nSPS) is 13.7. The summed E-state index contributed by atoms with van der Waals surface area (Å²) < 4.78 is 0. The van der Waals surface area contributed by atoms with E-state index in [1.54, 1.807) is 0 Å². The smallest absolute Gasteiger partial charge is 0.242 e. The first-order valence-electron chi connectivity index (χ1n) is 14.4. The maximum absolute atomic E-state index is 13.6. The van der Waals surface area contributed by atoms with Crippen LogP contribution < -0.4 is 16.0 Å². The van der Waals surface area contributed by atoms with Crippen LogP contribution in [-0.4, -0.2) is 35.5 Å². The molecule has 0 saturated carbocycles. The van der Waals surface area contributed by atoms with E-state index < -0.39 is 12.1 Å². The molecule has 0 aromatic heterocycles. The van der Waals surface area contributed by atoms with Gasteiger partial charge in [0.2, 0.25) is 11.8 Å². The van der Waals surface area contributed by atoms with Crippen molar-refractivity contribution >= 4 is 11.8 Å². The minimum atomic E-state index is -0.676. The molecule has 0 aliphatic carbocycles. The number of phenolic OH excluding ortho intramolecular Hbond substituents is 1. The molecule has 2 rings (SSSR count). The molecule has 0 fully saturated rings. The lowest BCUT2D eigenvalue weighted by Crippen LogP contribution is -2.55. The zero-order chi connectivity index (χ0) is 29.4. The van der Waals surface area contributed by atoms with Gasteiger partial charge in [0.15, 0.2) is 0 Å². The first-order valence-corrected chi connectivity index (χ1v) is 14.4. The minimum absolute atomic E-state index is 0.0273. The fourth-order valence-electron chi connectivity index (χ4n) is 4.52. The number of hydrogen-bond donors (Lipinski definition) is 4. The minimum Gasteiger partial charge on any atom is -0.507 e. The Bertz CT molecular complexity index is 1080.